The summed E-state index contributed by atoms with van der Waals surface area (Å²) in [6, 6.07) is 20.2. The first-order valence-corrected chi connectivity index (χ1v) is 11.1. The van der Waals surface area contributed by atoms with Crippen molar-refractivity contribution in [2.75, 3.05) is 31.0 Å². The van der Waals surface area contributed by atoms with Crippen LogP contribution in [0.15, 0.2) is 90.6 Å². The topological polar surface area (TPSA) is 127 Å². The Kier molecular flexibility index (Phi) is 9.80. The summed E-state index contributed by atoms with van der Waals surface area (Å²) in [5.74, 6) is -0.322. The summed E-state index contributed by atoms with van der Waals surface area (Å²) in [4.78, 5) is 36.1. The van der Waals surface area contributed by atoms with E-state index in [1.165, 1.54) is 6.21 Å². The SMILES string of the molecule is C=CCOc1ccc(NC(=O)C(=O)N/N=C\c2ccc(OCC(=O)Nc3ccc(OC)cc3)cc2)cc1. The van der Waals surface area contributed by atoms with E-state index in [-0.39, 0.29) is 12.5 Å². The second-order valence-electron chi connectivity index (χ2n) is 7.41. The van der Waals surface area contributed by atoms with Gasteiger partial charge in [-0.15, -0.1) is 0 Å². The van der Waals surface area contributed by atoms with E-state index in [0.717, 1.165) is 0 Å². The van der Waals surface area contributed by atoms with Gasteiger partial charge in [0.2, 0.25) is 0 Å². The van der Waals surface area contributed by atoms with Crippen molar-refractivity contribution in [1.29, 1.82) is 0 Å². The first-order valence-electron chi connectivity index (χ1n) is 11.1. The van der Waals surface area contributed by atoms with Crippen LogP contribution >= 0.6 is 0 Å². The van der Waals surface area contributed by atoms with E-state index < -0.39 is 11.8 Å². The first kappa shape index (κ1) is 26.5. The number of amides is 3. The van der Waals surface area contributed by atoms with Gasteiger partial charge in [-0.2, -0.15) is 5.10 Å². The van der Waals surface area contributed by atoms with E-state index in [0.29, 0.717) is 40.8 Å². The Morgan fingerprint density at radius 2 is 1.35 bits per heavy atom. The number of carbonyl (C=O) groups is 3. The first-order chi connectivity index (χ1) is 18.0. The fourth-order valence-corrected chi connectivity index (χ4v) is 2.86. The van der Waals surface area contributed by atoms with Crippen molar-refractivity contribution in [3.8, 4) is 17.2 Å². The molecule has 0 unspecified atom stereocenters. The summed E-state index contributed by atoms with van der Waals surface area (Å²) < 4.78 is 15.9. The predicted molar refractivity (Wildman–Crippen MR) is 140 cm³/mol. The van der Waals surface area contributed by atoms with E-state index in [9.17, 15) is 14.4 Å². The maximum absolute atomic E-state index is 12.1. The van der Waals surface area contributed by atoms with Gasteiger partial charge < -0.3 is 24.8 Å². The summed E-state index contributed by atoms with van der Waals surface area (Å²) in [7, 11) is 1.57. The quantitative estimate of drug-likeness (QED) is 0.160. The number of anilines is 2. The van der Waals surface area contributed by atoms with Crippen molar-refractivity contribution in [2.24, 2.45) is 5.10 Å². The van der Waals surface area contributed by atoms with E-state index >= 15 is 0 Å². The van der Waals surface area contributed by atoms with Crippen molar-refractivity contribution in [2.45, 2.75) is 0 Å². The molecule has 0 fully saturated rings. The van der Waals surface area contributed by atoms with Gasteiger partial charge in [-0.05, 0) is 78.4 Å². The van der Waals surface area contributed by atoms with Gasteiger partial charge in [0.1, 0.15) is 23.9 Å². The number of nitrogens with one attached hydrogen (secondary N) is 3. The lowest BCUT2D eigenvalue weighted by atomic mass is 10.2. The molecule has 3 aromatic carbocycles. The Labute approximate surface area is 213 Å². The van der Waals surface area contributed by atoms with Crippen molar-refractivity contribution >= 4 is 35.3 Å². The van der Waals surface area contributed by atoms with Crippen LogP contribution in [0.5, 0.6) is 17.2 Å². The number of hydrazone groups is 1. The standard InChI is InChI=1S/C27H26N4O6/c1-3-16-36-23-14-8-21(9-15-23)30-26(33)27(34)31-28-17-19-4-10-24(11-5-19)37-18-25(32)29-20-6-12-22(35-2)13-7-20/h3-15,17H,1,16,18H2,2H3,(H,29,32)(H,30,33)(H,31,34)/b28-17-. The molecule has 3 N–H and O–H groups in total. The molecule has 37 heavy (non-hydrogen) atoms. The molecular weight excluding hydrogens is 476 g/mol. The van der Waals surface area contributed by atoms with Crippen LogP contribution in [0.4, 0.5) is 11.4 Å². The van der Waals surface area contributed by atoms with Gasteiger partial charge >= 0.3 is 11.8 Å². The van der Waals surface area contributed by atoms with Crippen LogP contribution in [-0.4, -0.2) is 44.3 Å². The molecule has 0 saturated carbocycles. The monoisotopic (exact) mass is 502 g/mol. The molecule has 0 heterocycles. The molecule has 0 aromatic heterocycles. The third-order valence-corrected chi connectivity index (χ3v) is 4.69. The number of ether oxygens (including phenoxy) is 3. The molecule has 3 aromatic rings. The summed E-state index contributed by atoms with van der Waals surface area (Å²) in [6.45, 7) is 3.76. The molecule has 10 nitrogen and oxygen atoms in total. The molecule has 190 valence electrons. The number of hydrogen-bond donors (Lipinski definition) is 3. The molecule has 0 bridgehead atoms. The van der Waals surface area contributed by atoms with Crippen molar-refractivity contribution in [1.82, 2.24) is 5.43 Å². The molecule has 0 saturated heterocycles. The van der Waals surface area contributed by atoms with Gasteiger partial charge in [-0.25, -0.2) is 5.43 Å². The fraction of sp³-hybridized carbons (Fsp3) is 0.111. The van der Waals surface area contributed by atoms with E-state index in [4.69, 9.17) is 14.2 Å². The average molecular weight is 503 g/mol. The molecule has 0 aliphatic heterocycles. The number of rotatable bonds is 11. The Morgan fingerprint density at radius 1 is 0.784 bits per heavy atom. The van der Waals surface area contributed by atoms with Crippen LogP contribution in [0.1, 0.15) is 5.56 Å². The zero-order valence-corrected chi connectivity index (χ0v) is 20.1. The Bertz CT molecular complexity index is 1240. The second-order valence-corrected chi connectivity index (χ2v) is 7.41. The highest BCUT2D eigenvalue weighted by atomic mass is 16.5. The van der Waals surface area contributed by atoms with Gasteiger partial charge in [0, 0.05) is 11.4 Å². The zero-order chi connectivity index (χ0) is 26.5. The molecule has 0 atom stereocenters. The maximum Gasteiger partial charge on any atom is 0.329 e. The molecule has 3 amide bonds. The molecule has 0 radical (unpaired) electrons. The molecular formula is C27H26N4O6. The number of benzene rings is 3. The Balaban J connectivity index is 1.40. The summed E-state index contributed by atoms with van der Waals surface area (Å²) in [5, 5.41) is 8.98. The van der Waals surface area contributed by atoms with Gasteiger partial charge in [-0.3, -0.25) is 14.4 Å². The second kappa shape index (κ2) is 13.7. The smallest absolute Gasteiger partial charge is 0.329 e. The van der Waals surface area contributed by atoms with Gasteiger partial charge in [0.15, 0.2) is 6.61 Å². The number of methoxy groups -OCH3 is 1. The van der Waals surface area contributed by atoms with E-state index in [1.54, 1.807) is 86.0 Å². The zero-order valence-electron chi connectivity index (χ0n) is 20.1. The lowest BCUT2D eigenvalue weighted by molar-refractivity contribution is -0.136. The molecule has 0 aliphatic rings. The average Bonchev–Trinajstić information content (AvgIpc) is 2.92. The minimum Gasteiger partial charge on any atom is -0.497 e. The lowest BCUT2D eigenvalue weighted by Gasteiger charge is -2.08. The predicted octanol–water partition coefficient (Wildman–Crippen LogP) is 3.37. The minimum atomic E-state index is -0.925. The highest BCUT2D eigenvalue weighted by Gasteiger charge is 2.13. The van der Waals surface area contributed by atoms with Crippen LogP contribution in [-0.2, 0) is 14.4 Å². The van der Waals surface area contributed by atoms with Gasteiger partial charge in [0.05, 0.1) is 13.3 Å². The summed E-state index contributed by atoms with van der Waals surface area (Å²) >= 11 is 0. The van der Waals surface area contributed by atoms with Crippen LogP contribution in [0.25, 0.3) is 0 Å². The van der Waals surface area contributed by atoms with Crippen molar-refractivity contribution in [3.63, 3.8) is 0 Å². The number of hydrogen-bond acceptors (Lipinski definition) is 7. The molecule has 0 spiro atoms. The fourth-order valence-electron chi connectivity index (χ4n) is 2.86. The largest absolute Gasteiger partial charge is 0.497 e. The summed E-state index contributed by atoms with van der Waals surface area (Å²) in [6.07, 6.45) is 2.99. The Morgan fingerprint density at radius 3 is 1.97 bits per heavy atom. The van der Waals surface area contributed by atoms with Crippen LogP contribution < -0.4 is 30.3 Å². The minimum absolute atomic E-state index is 0.171. The van der Waals surface area contributed by atoms with Crippen LogP contribution in [0.3, 0.4) is 0 Å². The van der Waals surface area contributed by atoms with Gasteiger partial charge in [0.25, 0.3) is 5.91 Å². The Hall–Kier alpha value is -5.12. The third kappa shape index (κ3) is 8.87. The number of carbonyl (C=O) groups excluding carboxylic acids is 3. The third-order valence-electron chi connectivity index (χ3n) is 4.69. The number of nitrogens with zero attached hydrogens (tertiary/aromatic N) is 1. The highest BCUT2D eigenvalue weighted by Crippen LogP contribution is 2.16. The van der Waals surface area contributed by atoms with E-state index in [2.05, 4.69) is 27.7 Å². The maximum atomic E-state index is 12.1. The highest BCUT2D eigenvalue weighted by molar-refractivity contribution is 6.39. The molecule has 0 aliphatic carbocycles. The van der Waals surface area contributed by atoms with Gasteiger partial charge in [-0.1, -0.05) is 12.7 Å². The van der Waals surface area contributed by atoms with Crippen molar-refractivity contribution < 1.29 is 28.6 Å². The summed E-state index contributed by atoms with van der Waals surface area (Å²) in [5.41, 5.74) is 3.87. The van der Waals surface area contributed by atoms with Crippen LogP contribution in [0, 0.1) is 0 Å². The van der Waals surface area contributed by atoms with Crippen LogP contribution in [0.2, 0.25) is 0 Å². The molecule has 3 rings (SSSR count). The lowest BCUT2D eigenvalue weighted by Crippen LogP contribution is -2.32. The normalized spacial score (nSPS) is 10.3. The van der Waals surface area contributed by atoms with Crippen molar-refractivity contribution in [3.05, 3.63) is 91.0 Å². The van der Waals surface area contributed by atoms with E-state index in [1.807, 2.05) is 0 Å². The molecule has 10 heteroatoms.